The molecule has 0 spiro atoms. The molecule has 0 aliphatic rings. The first-order valence-electron chi connectivity index (χ1n) is 7.25. The number of hydrogen-bond acceptors (Lipinski definition) is 6. The number of aryl methyl sites for hydroxylation is 1. The van der Waals surface area contributed by atoms with Gasteiger partial charge in [-0.05, 0) is 25.8 Å². The monoisotopic (exact) mass is 333 g/mol. The number of ether oxygens (including phenoxy) is 1. The van der Waals surface area contributed by atoms with Gasteiger partial charge in [-0.15, -0.1) is 0 Å². The molecule has 0 unspecified atom stereocenters. The number of carbonyl (C=O) groups is 2. The first-order chi connectivity index (χ1) is 11.1. The van der Waals surface area contributed by atoms with E-state index in [1.54, 1.807) is 27.7 Å². The molecule has 24 heavy (non-hydrogen) atoms. The van der Waals surface area contributed by atoms with E-state index in [9.17, 15) is 19.7 Å². The topological polar surface area (TPSA) is 122 Å². The van der Waals surface area contributed by atoms with Gasteiger partial charge in [-0.3, -0.25) is 14.9 Å². The van der Waals surface area contributed by atoms with Gasteiger partial charge in [-0.25, -0.2) is 4.79 Å². The van der Waals surface area contributed by atoms with Crippen molar-refractivity contribution in [3.05, 3.63) is 39.4 Å². The van der Waals surface area contributed by atoms with Crippen LogP contribution in [-0.4, -0.2) is 28.9 Å². The van der Waals surface area contributed by atoms with E-state index >= 15 is 0 Å². The summed E-state index contributed by atoms with van der Waals surface area (Å²) in [7, 11) is 0. The maximum absolute atomic E-state index is 11.9. The highest BCUT2D eigenvalue weighted by atomic mass is 16.6. The standard InChI is InChI=1S/C16H19N3O5/c1-10(2)16(4,9-17)18-14(20)8-24-15(21)12-6-5-11(3)13(7-12)19(22)23/h5-7,10H,8H2,1-4H3,(H,18,20)/t16-/m0/s1. The van der Waals surface area contributed by atoms with Crippen LogP contribution in [0.2, 0.25) is 0 Å². The number of nitro benzene ring substituents is 1. The van der Waals surface area contributed by atoms with Crippen LogP contribution in [0.4, 0.5) is 5.69 Å². The minimum Gasteiger partial charge on any atom is -0.452 e. The predicted molar refractivity (Wildman–Crippen MR) is 85.1 cm³/mol. The molecule has 8 heteroatoms. The van der Waals surface area contributed by atoms with Gasteiger partial charge in [0.05, 0.1) is 16.6 Å². The molecule has 0 aliphatic carbocycles. The van der Waals surface area contributed by atoms with Crippen LogP contribution in [0.1, 0.15) is 36.7 Å². The summed E-state index contributed by atoms with van der Waals surface area (Å²) in [4.78, 5) is 34.0. The molecule has 0 saturated heterocycles. The number of nitrogens with zero attached hydrogens (tertiary/aromatic N) is 2. The molecule has 1 amide bonds. The first kappa shape index (κ1) is 19.1. The molecule has 0 aliphatic heterocycles. The van der Waals surface area contributed by atoms with Crippen molar-refractivity contribution in [1.29, 1.82) is 5.26 Å². The lowest BCUT2D eigenvalue weighted by atomic mass is 9.90. The Balaban J connectivity index is 2.73. The maximum Gasteiger partial charge on any atom is 0.338 e. The highest BCUT2D eigenvalue weighted by Gasteiger charge is 2.30. The van der Waals surface area contributed by atoms with Crippen molar-refractivity contribution >= 4 is 17.6 Å². The lowest BCUT2D eigenvalue weighted by molar-refractivity contribution is -0.385. The molecular formula is C16H19N3O5. The summed E-state index contributed by atoms with van der Waals surface area (Å²) in [5, 5.41) is 22.5. The molecule has 0 heterocycles. The predicted octanol–water partition coefficient (Wildman–Crippen LogP) is 2.11. The molecule has 1 aromatic rings. The minimum absolute atomic E-state index is 0.0213. The summed E-state index contributed by atoms with van der Waals surface area (Å²) < 4.78 is 4.85. The Morgan fingerprint density at radius 2 is 2.08 bits per heavy atom. The third-order valence-electron chi connectivity index (χ3n) is 3.76. The summed E-state index contributed by atoms with van der Waals surface area (Å²) in [5.74, 6) is -1.61. The maximum atomic E-state index is 11.9. The lowest BCUT2D eigenvalue weighted by Crippen LogP contribution is -2.50. The van der Waals surface area contributed by atoms with E-state index in [-0.39, 0.29) is 17.2 Å². The average molecular weight is 333 g/mol. The van der Waals surface area contributed by atoms with Crippen LogP contribution in [0.3, 0.4) is 0 Å². The Bertz CT molecular complexity index is 708. The first-order valence-corrected chi connectivity index (χ1v) is 7.25. The zero-order chi connectivity index (χ0) is 18.5. The third kappa shape index (κ3) is 4.52. The normalized spacial score (nSPS) is 12.8. The molecule has 0 aromatic heterocycles. The van der Waals surface area contributed by atoms with Crippen molar-refractivity contribution in [2.45, 2.75) is 33.2 Å². The lowest BCUT2D eigenvalue weighted by Gasteiger charge is -2.27. The molecule has 1 N–H and O–H groups in total. The van der Waals surface area contributed by atoms with Gasteiger partial charge in [0.15, 0.2) is 6.61 Å². The summed E-state index contributed by atoms with van der Waals surface area (Å²) in [6, 6.07) is 5.92. The third-order valence-corrected chi connectivity index (χ3v) is 3.76. The smallest absolute Gasteiger partial charge is 0.338 e. The minimum atomic E-state index is -1.08. The number of nitrogens with one attached hydrogen (secondary N) is 1. The van der Waals surface area contributed by atoms with Crippen LogP contribution in [0.25, 0.3) is 0 Å². The van der Waals surface area contributed by atoms with Gasteiger partial charge in [-0.2, -0.15) is 5.26 Å². The van der Waals surface area contributed by atoms with Crippen molar-refractivity contribution in [3.8, 4) is 6.07 Å². The van der Waals surface area contributed by atoms with Gasteiger partial charge in [0.25, 0.3) is 11.6 Å². The van der Waals surface area contributed by atoms with Gasteiger partial charge in [-0.1, -0.05) is 19.9 Å². The van der Waals surface area contributed by atoms with Crippen LogP contribution in [0, 0.1) is 34.3 Å². The van der Waals surface area contributed by atoms with Crippen LogP contribution in [0.5, 0.6) is 0 Å². The van der Waals surface area contributed by atoms with Crippen molar-refractivity contribution in [1.82, 2.24) is 5.32 Å². The highest BCUT2D eigenvalue weighted by Crippen LogP contribution is 2.20. The van der Waals surface area contributed by atoms with Crippen LogP contribution in [-0.2, 0) is 9.53 Å². The second-order valence-electron chi connectivity index (χ2n) is 5.85. The zero-order valence-electron chi connectivity index (χ0n) is 14.0. The fraction of sp³-hybridized carbons (Fsp3) is 0.438. The Morgan fingerprint density at radius 3 is 2.58 bits per heavy atom. The van der Waals surface area contributed by atoms with Crippen LogP contribution in [0.15, 0.2) is 18.2 Å². The fourth-order valence-electron chi connectivity index (χ4n) is 1.77. The molecule has 0 fully saturated rings. The molecule has 1 aromatic carbocycles. The number of nitriles is 1. The summed E-state index contributed by atoms with van der Waals surface area (Å²) in [5.41, 5.74) is -0.889. The molecular weight excluding hydrogens is 314 g/mol. The van der Waals surface area contributed by atoms with Gasteiger partial charge in [0.2, 0.25) is 0 Å². The number of nitro groups is 1. The average Bonchev–Trinajstić information content (AvgIpc) is 2.52. The van der Waals surface area contributed by atoms with E-state index < -0.39 is 28.9 Å². The summed E-state index contributed by atoms with van der Waals surface area (Å²) in [6.45, 7) is 6.10. The van der Waals surface area contributed by atoms with E-state index in [0.29, 0.717) is 5.56 Å². The Labute approximate surface area is 139 Å². The summed E-state index contributed by atoms with van der Waals surface area (Å²) in [6.07, 6.45) is 0. The SMILES string of the molecule is Cc1ccc(C(=O)OCC(=O)N[C@@](C)(C#N)C(C)C)cc1[N+](=O)[O-]. The van der Waals surface area contributed by atoms with Gasteiger partial charge < -0.3 is 10.1 Å². The quantitative estimate of drug-likeness (QED) is 0.483. The number of hydrogen-bond donors (Lipinski definition) is 1. The Hall–Kier alpha value is -2.95. The van der Waals surface area contributed by atoms with Crippen molar-refractivity contribution in [2.24, 2.45) is 5.92 Å². The fourth-order valence-corrected chi connectivity index (χ4v) is 1.77. The van der Waals surface area contributed by atoms with Gasteiger partial charge in [0, 0.05) is 11.6 Å². The molecule has 1 atom stereocenters. The molecule has 0 radical (unpaired) electrons. The van der Waals surface area contributed by atoms with E-state index in [4.69, 9.17) is 10.00 Å². The van der Waals surface area contributed by atoms with Crippen LogP contribution < -0.4 is 5.32 Å². The Morgan fingerprint density at radius 1 is 1.46 bits per heavy atom. The molecule has 8 nitrogen and oxygen atoms in total. The molecule has 0 saturated carbocycles. The van der Waals surface area contributed by atoms with E-state index in [0.717, 1.165) is 6.07 Å². The van der Waals surface area contributed by atoms with Crippen LogP contribution >= 0.6 is 0 Å². The van der Waals surface area contributed by atoms with Crippen molar-refractivity contribution in [2.75, 3.05) is 6.61 Å². The number of amides is 1. The van der Waals surface area contributed by atoms with Crippen molar-refractivity contribution in [3.63, 3.8) is 0 Å². The molecule has 0 bridgehead atoms. The Kier molecular flexibility index (Phi) is 6.01. The number of rotatable bonds is 6. The zero-order valence-corrected chi connectivity index (χ0v) is 14.0. The van der Waals surface area contributed by atoms with Crippen molar-refractivity contribution < 1.29 is 19.2 Å². The van der Waals surface area contributed by atoms with Gasteiger partial charge >= 0.3 is 5.97 Å². The van der Waals surface area contributed by atoms with E-state index in [2.05, 4.69) is 5.32 Å². The molecule has 1 rings (SSSR count). The largest absolute Gasteiger partial charge is 0.452 e. The van der Waals surface area contributed by atoms with Gasteiger partial charge in [0.1, 0.15) is 5.54 Å². The second kappa shape index (κ2) is 7.55. The number of esters is 1. The van der Waals surface area contributed by atoms with E-state index in [1.807, 2.05) is 6.07 Å². The highest BCUT2D eigenvalue weighted by molar-refractivity contribution is 5.92. The summed E-state index contributed by atoms with van der Waals surface area (Å²) >= 11 is 0. The number of benzene rings is 1. The number of carbonyl (C=O) groups excluding carboxylic acids is 2. The second-order valence-corrected chi connectivity index (χ2v) is 5.85. The van der Waals surface area contributed by atoms with E-state index in [1.165, 1.54) is 12.1 Å². The molecule has 128 valence electrons.